The Kier molecular flexibility index (Phi) is 3.21. The van der Waals surface area contributed by atoms with Crippen molar-refractivity contribution >= 4 is 11.6 Å². The van der Waals surface area contributed by atoms with Gasteiger partial charge in [-0.1, -0.05) is 25.4 Å². The molecule has 2 rings (SSSR count). The summed E-state index contributed by atoms with van der Waals surface area (Å²) in [5, 5.41) is 11.2. The van der Waals surface area contributed by atoms with Gasteiger partial charge in [0.15, 0.2) is 0 Å². The smallest absolute Gasteiger partial charge is 0.123 e. The lowest BCUT2D eigenvalue weighted by atomic mass is 9.74. The van der Waals surface area contributed by atoms with Crippen molar-refractivity contribution in [1.29, 1.82) is 0 Å². The molecule has 1 aliphatic carbocycles. The molecule has 0 radical (unpaired) electrons. The molecule has 1 atom stereocenters. The second-order valence-corrected chi connectivity index (χ2v) is 6.09. The fourth-order valence-corrected chi connectivity index (χ4v) is 2.90. The summed E-state index contributed by atoms with van der Waals surface area (Å²) in [7, 11) is 0. The van der Waals surface area contributed by atoms with E-state index in [1.807, 2.05) is 0 Å². The zero-order valence-corrected chi connectivity index (χ0v) is 11.0. The van der Waals surface area contributed by atoms with Crippen LogP contribution in [0.4, 0.5) is 4.39 Å². The highest BCUT2D eigenvalue weighted by Gasteiger charge is 2.47. The largest absolute Gasteiger partial charge is 0.389 e. The van der Waals surface area contributed by atoms with Gasteiger partial charge in [0.1, 0.15) is 5.82 Å². The first-order valence-electron chi connectivity index (χ1n) is 6.00. The van der Waals surface area contributed by atoms with Crippen molar-refractivity contribution in [2.75, 3.05) is 0 Å². The van der Waals surface area contributed by atoms with E-state index in [4.69, 9.17) is 11.6 Å². The van der Waals surface area contributed by atoms with E-state index < -0.39 is 5.60 Å². The standard InChI is InChI=1S/C14H18ClFO/c1-13(2)6-3-7-14(13,17)9-10-8-11(16)4-5-12(10)15/h4-5,8,17H,3,6-7,9H2,1-2H3. The molecule has 1 aromatic carbocycles. The Morgan fingerprint density at radius 3 is 2.65 bits per heavy atom. The fraction of sp³-hybridized carbons (Fsp3) is 0.571. The third-order valence-electron chi connectivity index (χ3n) is 4.14. The van der Waals surface area contributed by atoms with Crippen LogP contribution < -0.4 is 0 Å². The number of rotatable bonds is 2. The van der Waals surface area contributed by atoms with Gasteiger partial charge in [-0.25, -0.2) is 4.39 Å². The predicted octanol–water partition coefficient (Wildman–Crippen LogP) is 3.96. The summed E-state index contributed by atoms with van der Waals surface area (Å²) in [6.07, 6.45) is 3.19. The van der Waals surface area contributed by atoms with E-state index in [2.05, 4.69) is 13.8 Å². The first-order valence-corrected chi connectivity index (χ1v) is 6.38. The Labute approximate surface area is 107 Å². The van der Waals surface area contributed by atoms with Gasteiger partial charge in [0.05, 0.1) is 5.60 Å². The number of aliphatic hydroxyl groups is 1. The van der Waals surface area contributed by atoms with Crippen LogP contribution >= 0.6 is 11.6 Å². The van der Waals surface area contributed by atoms with Crippen LogP contribution in [0.2, 0.25) is 5.02 Å². The zero-order chi connectivity index (χ0) is 12.7. The molecule has 3 heteroatoms. The minimum Gasteiger partial charge on any atom is -0.389 e. The highest BCUT2D eigenvalue weighted by molar-refractivity contribution is 6.31. The van der Waals surface area contributed by atoms with E-state index in [0.29, 0.717) is 17.0 Å². The Balaban J connectivity index is 2.29. The molecule has 1 unspecified atom stereocenters. The van der Waals surface area contributed by atoms with Gasteiger partial charge in [0, 0.05) is 11.4 Å². The van der Waals surface area contributed by atoms with Gasteiger partial charge >= 0.3 is 0 Å². The van der Waals surface area contributed by atoms with Gasteiger partial charge in [-0.2, -0.15) is 0 Å². The molecule has 1 saturated carbocycles. The van der Waals surface area contributed by atoms with Crippen molar-refractivity contribution in [1.82, 2.24) is 0 Å². The van der Waals surface area contributed by atoms with Crippen molar-refractivity contribution in [2.24, 2.45) is 5.41 Å². The molecular formula is C14H18ClFO. The summed E-state index contributed by atoms with van der Waals surface area (Å²) in [6, 6.07) is 4.32. The highest BCUT2D eigenvalue weighted by atomic mass is 35.5. The summed E-state index contributed by atoms with van der Waals surface area (Å²) in [4.78, 5) is 0. The summed E-state index contributed by atoms with van der Waals surface area (Å²) >= 11 is 6.05. The van der Waals surface area contributed by atoms with Crippen molar-refractivity contribution in [2.45, 2.75) is 45.1 Å². The molecule has 0 saturated heterocycles. The average molecular weight is 257 g/mol. The fourth-order valence-electron chi connectivity index (χ4n) is 2.72. The highest BCUT2D eigenvalue weighted by Crippen LogP contribution is 2.48. The number of hydrogen-bond donors (Lipinski definition) is 1. The molecule has 94 valence electrons. The molecule has 1 nitrogen and oxygen atoms in total. The Hall–Kier alpha value is -0.600. The number of halogens is 2. The topological polar surface area (TPSA) is 20.2 Å². The number of hydrogen-bond acceptors (Lipinski definition) is 1. The second kappa shape index (κ2) is 4.25. The van der Waals surface area contributed by atoms with Crippen LogP contribution in [0.3, 0.4) is 0 Å². The molecule has 1 aromatic rings. The molecule has 1 aliphatic rings. The van der Waals surface area contributed by atoms with Crippen LogP contribution in [-0.2, 0) is 6.42 Å². The molecule has 0 aromatic heterocycles. The van der Waals surface area contributed by atoms with E-state index in [-0.39, 0.29) is 11.2 Å². The SMILES string of the molecule is CC1(C)CCCC1(O)Cc1cc(F)ccc1Cl. The van der Waals surface area contributed by atoms with E-state index in [0.717, 1.165) is 19.3 Å². The molecule has 0 aliphatic heterocycles. The van der Waals surface area contributed by atoms with Crippen molar-refractivity contribution in [3.8, 4) is 0 Å². The summed E-state index contributed by atoms with van der Waals surface area (Å²) in [5.74, 6) is -0.302. The Bertz CT molecular complexity index is 430. The van der Waals surface area contributed by atoms with Gasteiger partial charge < -0.3 is 5.11 Å². The van der Waals surface area contributed by atoms with Gasteiger partial charge in [-0.15, -0.1) is 0 Å². The maximum atomic E-state index is 13.2. The van der Waals surface area contributed by atoms with Crippen LogP contribution in [0.15, 0.2) is 18.2 Å². The molecular weight excluding hydrogens is 239 g/mol. The third-order valence-corrected chi connectivity index (χ3v) is 4.51. The van der Waals surface area contributed by atoms with Gasteiger partial charge in [-0.3, -0.25) is 0 Å². The van der Waals surface area contributed by atoms with E-state index in [9.17, 15) is 9.50 Å². The van der Waals surface area contributed by atoms with Crippen molar-refractivity contribution < 1.29 is 9.50 Å². The van der Waals surface area contributed by atoms with E-state index >= 15 is 0 Å². The lowest BCUT2D eigenvalue weighted by Crippen LogP contribution is -2.41. The lowest BCUT2D eigenvalue weighted by molar-refractivity contribution is -0.0419. The lowest BCUT2D eigenvalue weighted by Gasteiger charge is -2.37. The van der Waals surface area contributed by atoms with Crippen LogP contribution in [0, 0.1) is 11.2 Å². The van der Waals surface area contributed by atoms with Crippen LogP contribution in [0.5, 0.6) is 0 Å². The zero-order valence-electron chi connectivity index (χ0n) is 10.3. The Morgan fingerprint density at radius 1 is 1.35 bits per heavy atom. The predicted molar refractivity (Wildman–Crippen MR) is 67.7 cm³/mol. The molecule has 1 N–H and O–H groups in total. The normalized spacial score (nSPS) is 27.4. The molecule has 0 spiro atoms. The maximum Gasteiger partial charge on any atom is 0.123 e. The van der Waals surface area contributed by atoms with Gasteiger partial charge in [0.2, 0.25) is 0 Å². The minimum atomic E-state index is -0.773. The Morgan fingerprint density at radius 2 is 2.06 bits per heavy atom. The molecule has 0 heterocycles. The van der Waals surface area contributed by atoms with E-state index in [1.165, 1.54) is 12.1 Å². The summed E-state index contributed by atoms with van der Waals surface area (Å²) < 4.78 is 13.2. The molecule has 0 bridgehead atoms. The molecule has 1 fully saturated rings. The van der Waals surface area contributed by atoms with E-state index in [1.54, 1.807) is 6.07 Å². The average Bonchev–Trinajstić information content (AvgIpc) is 2.47. The molecule has 17 heavy (non-hydrogen) atoms. The van der Waals surface area contributed by atoms with Gasteiger partial charge in [0.25, 0.3) is 0 Å². The molecule has 0 amide bonds. The van der Waals surface area contributed by atoms with Gasteiger partial charge in [-0.05, 0) is 48.4 Å². The first-order chi connectivity index (χ1) is 7.84. The number of benzene rings is 1. The van der Waals surface area contributed by atoms with Crippen molar-refractivity contribution in [3.63, 3.8) is 0 Å². The monoisotopic (exact) mass is 256 g/mol. The second-order valence-electron chi connectivity index (χ2n) is 5.68. The summed E-state index contributed by atoms with van der Waals surface area (Å²) in [6.45, 7) is 4.13. The summed E-state index contributed by atoms with van der Waals surface area (Å²) in [5.41, 5.74) is -0.211. The minimum absolute atomic E-state index is 0.136. The van der Waals surface area contributed by atoms with Crippen LogP contribution in [0.1, 0.15) is 38.7 Å². The van der Waals surface area contributed by atoms with Crippen molar-refractivity contribution in [3.05, 3.63) is 34.6 Å². The van der Waals surface area contributed by atoms with Crippen LogP contribution in [0.25, 0.3) is 0 Å². The maximum absolute atomic E-state index is 13.2. The first kappa shape index (κ1) is 12.8. The third kappa shape index (κ3) is 2.34. The van der Waals surface area contributed by atoms with Crippen LogP contribution in [-0.4, -0.2) is 10.7 Å². The quantitative estimate of drug-likeness (QED) is 0.849.